The summed E-state index contributed by atoms with van der Waals surface area (Å²) in [6.45, 7) is -0.575. The highest BCUT2D eigenvalue weighted by Gasteiger charge is 2.72. The van der Waals surface area contributed by atoms with Gasteiger partial charge in [0.05, 0.1) is 11.6 Å². The zero-order chi connectivity index (χ0) is 26.2. The number of halogens is 5. The van der Waals surface area contributed by atoms with Crippen LogP contribution in [0.15, 0.2) is 48.5 Å². The van der Waals surface area contributed by atoms with Gasteiger partial charge in [0.2, 0.25) is 0 Å². The summed E-state index contributed by atoms with van der Waals surface area (Å²) in [5, 5.41) is 0. The van der Waals surface area contributed by atoms with Crippen molar-refractivity contribution in [1.29, 1.82) is 0 Å². The summed E-state index contributed by atoms with van der Waals surface area (Å²) in [5.74, 6) is -6.79. The Morgan fingerprint density at radius 1 is 1.14 bits per heavy atom. The Kier molecular flexibility index (Phi) is 7.72. The van der Waals surface area contributed by atoms with Crippen LogP contribution < -0.4 is 0 Å². The van der Waals surface area contributed by atoms with Gasteiger partial charge in [-0.1, -0.05) is 46.3 Å². The molecule has 0 saturated carbocycles. The number of rotatable bonds is 6. The van der Waals surface area contributed by atoms with Crippen molar-refractivity contribution in [1.82, 2.24) is 4.90 Å². The molecule has 3 aliphatic heterocycles. The van der Waals surface area contributed by atoms with E-state index in [0.29, 0.717) is 11.6 Å². The van der Waals surface area contributed by atoms with E-state index in [4.69, 9.17) is 14.2 Å². The minimum atomic E-state index is -2.85. The summed E-state index contributed by atoms with van der Waals surface area (Å²) < 4.78 is 73.1. The largest absolute Gasteiger partial charge is 0.461 e. The van der Waals surface area contributed by atoms with Crippen LogP contribution in [0.4, 0.5) is 17.6 Å². The molecule has 11 heteroatoms. The highest BCUT2D eigenvalue weighted by atomic mass is 79.9. The van der Waals surface area contributed by atoms with Crippen LogP contribution in [0, 0.1) is 11.6 Å². The van der Waals surface area contributed by atoms with Crippen LogP contribution in [-0.2, 0) is 19.0 Å². The van der Waals surface area contributed by atoms with Crippen LogP contribution >= 0.6 is 15.9 Å². The van der Waals surface area contributed by atoms with Gasteiger partial charge in [-0.05, 0) is 36.6 Å². The first-order valence-electron chi connectivity index (χ1n) is 11.2. The number of alkyl halides is 3. The molecular weight excluding hydrogens is 550 g/mol. The molecule has 3 heterocycles. The molecule has 0 radical (unpaired) electrons. The van der Waals surface area contributed by atoms with Crippen molar-refractivity contribution in [3.8, 4) is 0 Å². The van der Waals surface area contributed by atoms with Crippen LogP contribution in [0.3, 0.4) is 0 Å². The Bertz CT molecular complexity index is 1120. The van der Waals surface area contributed by atoms with Gasteiger partial charge in [0, 0.05) is 12.5 Å². The molecule has 6 nitrogen and oxygen atoms in total. The molecule has 2 bridgehead atoms. The van der Waals surface area contributed by atoms with Crippen molar-refractivity contribution in [3.05, 3.63) is 71.3 Å². The topological polar surface area (TPSA) is 68.4 Å². The van der Waals surface area contributed by atoms with Crippen LogP contribution in [0.25, 0.3) is 0 Å². The Hall–Kier alpha value is -2.50. The van der Waals surface area contributed by atoms with Crippen molar-refractivity contribution in [2.45, 2.75) is 48.7 Å². The van der Waals surface area contributed by atoms with E-state index in [0.717, 1.165) is 12.1 Å². The number of hydrogen-bond donors (Lipinski definition) is 0. The number of epoxide rings is 1. The first-order chi connectivity index (χ1) is 17.2. The quantitative estimate of drug-likeness (QED) is 0.222. The Morgan fingerprint density at radius 2 is 1.83 bits per heavy atom. The molecule has 2 aromatic rings. The standard InChI is InChI=1S/C24H21F4NO5.CH3Br/c1-29-17-10-24(28,21(27)18(29)20-19(17)33-20)34-23(31)14(12-5-3-2-4-6-12)11-32-22(30)13-7-8-15(25)16(26)9-13;1-2/h2-9,14,17-21H,10-11H2,1H3;1H3/t14?,17?,18?,19-,20+,21?,24-;/m1./s1. The average Bonchev–Trinajstić information content (AvgIpc) is 3.61. The Labute approximate surface area is 213 Å². The summed E-state index contributed by atoms with van der Waals surface area (Å²) >= 11 is 2.94. The van der Waals surface area contributed by atoms with E-state index < -0.39 is 66.3 Å². The smallest absolute Gasteiger partial charge is 0.338 e. The molecule has 36 heavy (non-hydrogen) atoms. The number of fused-ring (bicyclic) bond motifs is 5. The molecule has 0 N–H and O–H groups in total. The monoisotopic (exact) mass is 573 g/mol. The van der Waals surface area contributed by atoms with Gasteiger partial charge < -0.3 is 14.2 Å². The summed E-state index contributed by atoms with van der Waals surface area (Å²) in [6, 6.07) is 9.23. The number of benzene rings is 2. The summed E-state index contributed by atoms with van der Waals surface area (Å²) in [7, 11) is 1.68. The zero-order valence-electron chi connectivity index (χ0n) is 19.4. The third-order valence-electron chi connectivity index (χ3n) is 6.76. The number of hydrogen-bond acceptors (Lipinski definition) is 6. The third kappa shape index (κ3) is 4.88. The SMILES string of the molecule is CBr.CN1C2C[C@@](F)(OC(=O)C(COC(=O)c3ccc(F)c(F)c3)c3ccccc3)C(F)C1[C@@H]1O[C@H]21. The van der Waals surface area contributed by atoms with E-state index in [2.05, 4.69) is 15.9 Å². The number of likely N-dealkylation sites (N-methyl/N-ethyl adjacent to an activating group) is 1. The fraction of sp³-hybridized carbons (Fsp3) is 0.440. The van der Waals surface area contributed by atoms with E-state index in [-0.39, 0.29) is 18.1 Å². The van der Waals surface area contributed by atoms with E-state index in [1.165, 1.54) is 0 Å². The lowest BCUT2D eigenvalue weighted by atomic mass is 9.94. The number of piperidine rings is 1. The minimum absolute atomic E-state index is 0.268. The number of carbonyl (C=O) groups excluding carboxylic acids is 2. The third-order valence-corrected chi connectivity index (χ3v) is 6.76. The molecule has 194 valence electrons. The van der Waals surface area contributed by atoms with E-state index >= 15 is 8.78 Å². The number of esters is 2. The van der Waals surface area contributed by atoms with Crippen LogP contribution in [0.2, 0.25) is 0 Å². The van der Waals surface area contributed by atoms with Crippen LogP contribution in [0.1, 0.15) is 28.3 Å². The zero-order valence-corrected chi connectivity index (χ0v) is 21.0. The van der Waals surface area contributed by atoms with Crippen molar-refractivity contribution >= 4 is 27.9 Å². The molecule has 2 aromatic carbocycles. The number of nitrogens with zero attached hydrogens (tertiary/aromatic N) is 1. The van der Waals surface area contributed by atoms with Gasteiger partial charge in [0.1, 0.15) is 24.7 Å². The lowest BCUT2D eigenvalue weighted by Crippen LogP contribution is -2.61. The molecule has 5 rings (SSSR count). The highest BCUT2D eigenvalue weighted by Crippen LogP contribution is 2.53. The number of ether oxygens (including phenoxy) is 3. The van der Waals surface area contributed by atoms with Crippen molar-refractivity contribution in [2.24, 2.45) is 0 Å². The lowest BCUT2D eigenvalue weighted by Gasteiger charge is -2.43. The van der Waals surface area contributed by atoms with Crippen LogP contribution in [-0.4, -0.2) is 72.6 Å². The predicted molar refractivity (Wildman–Crippen MR) is 124 cm³/mol. The van der Waals surface area contributed by atoms with Crippen molar-refractivity contribution < 1.29 is 41.4 Å². The van der Waals surface area contributed by atoms with Gasteiger partial charge in [-0.25, -0.2) is 18.0 Å². The molecule has 3 saturated heterocycles. The van der Waals surface area contributed by atoms with Crippen LogP contribution in [0.5, 0.6) is 0 Å². The number of carbonyl (C=O) groups is 2. The molecule has 0 aromatic heterocycles. The maximum atomic E-state index is 15.7. The molecule has 3 aliphatic rings. The second kappa shape index (κ2) is 10.5. The fourth-order valence-corrected chi connectivity index (χ4v) is 4.88. The van der Waals surface area contributed by atoms with Gasteiger partial charge >= 0.3 is 11.9 Å². The van der Waals surface area contributed by atoms with Gasteiger partial charge in [0.15, 0.2) is 17.8 Å². The molecule has 3 fully saturated rings. The van der Waals surface area contributed by atoms with Gasteiger partial charge in [-0.15, -0.1) is 0 Å². The first kappa shape index (κ1) is 26.6. The molecule has 7 atom stereocenters. The second-order valence-electron chi connectivity index (χ2n) is 8.79. The highest BCUT2D eigenvalue weighted by molar-refractivity contribution is 9.08. The average molecular weight is 574 g/mol. The lowest BCUT2D eigenvalue weighted by molar-refractivity contribution is -0.233. The fourth-order valence-electron chi connectivity index (χ4n) is 4.88. The summed E-state index contributed by atoms with van der Waals surface area (Å²) in [6.07, 6.45) is -3.21. The van der Waals surface area contributed by atoms with Gasteiger partial charge in [-0.2, -0.15) is 4.39 Å². The Balaban J connectivity index is 0.00000148. The normalized spacial score (nSPS) is 30.9. The minimum Gasteiger partial charge on any atom is -0.461 e. The summed E-state index contributed by atoms with van der Waals surface area (Å²) in [4.78, 5) is 27.1. The molecular formula is C25H24BrF4NO5. The number of morpholine rings is 1. The van der Waals surface area contributed by atoms with E-state index in [1.807, 2.05) is 5.83 Å². The summed E-state index contributed by atoms with van der Waals surface area (Å²) in [5.41, 5.74) is 0.0858. The van der Waals surface area contributed by atoms with Crippen molar-refractivity contribution in [3.63, 3.8) is 0 Å². The predicted octanol–water partition coefficient (Wildman–Crippen LogP) is 4.32. The van der Waals surface area contributed by atoms with Gasteiger partial charge in [-0.3, -0.25) is 9.69 Å². The molecule has 0 amide bonds. The van der Waals surface area contributed by atoms with E-state index in [1.54, 1.807) is 42.3 Å². The first-order valence-corrected chi connectivity index (χ1v) is 12.8. The molecule has 0 spiro atoms. The maximum absolute atomic E-state index is 15.7. The Morgan fingerprint density at radius 3 is 2.50 bits per heavy atom. The van der Waals surface area contributed by atoms with Gasteiger partial charge in [0.25, 0.3) is 5.85 Å². The van der Waals surface area contributed by atoms with E-state index in [9.17, 15) is 18.4 Å². The molecule has 0 aliphatic carbocycles. The maximum Gasteiger partial charge on any atom is 0.338 e. The second-order valence-corrected chi connectivity index (χ2v) is 8.79. The van der Waals surface area contributed by atoms with Crippen molar-refractivity contribution in [2.75, 3.05) is 19.5 Å². The molecule has 4 unspecified atom stereocenters.